The summed E-state index contributed by atoms with van der Waals surface area (Å²) in [6, 6.07) is 0. The Balaban J connectivity index is 4.12. The molecule has 0 amide bonds. The summed E-state index contributed by atoms with van der Waals surface area (Å²) in [5.41, 5.74) is -0.549. The van der Waals surface area contributed by atoms with E-state index >= 15 is 0 Å². The Morgan fingerprint density at radius 2 is 1.87 bits per heavy atom. The topological polar surface area (TPSA) is 52.6 Å². The van der Waals surface area contributed by atoms with E-state index in [1.54, 1.807) is 21.0 Å². The molecule has 0 spiro atoms. The Morgan fingerprint density at radius 1 is 1.27 bits per heavy atom. The van der Waals surface area contributed by atoms with Gasteiger partial charge in [-0.05, 0) is 25.7 Å². The number of methoxy groups -OCH3 is 1. The molecule has 4 nitrogen and oxygen atoms in total. The van der Waals surface area contributed by atoms with Gasteiger partial charge in [-0.1, -0.05) is 11.8 Å². The molecule has 0 heterocycles. The lowest BCUT2D eigenvalue weighted by Crippen LogP contribution is -2.18. The summed E-state index contributed by atoms with van der Waals surface area (Å²) in [5.74, 6) is 10.2. The van der Waals surface area contributed by atoms with Gasteiger partial charge in [0.1, 0.15) is 12.2 Å². The molecule has 0 N–H and O–H groups in total. The minimum Gasteiger partial charge on any atom is -0.366 e. The van der Waals surface area contributed by atoms with Crippen molar-refractivity contribution in [2.45, 2.75) is 19.4 Å². The van der Waals surface area contributed by atoms with Crippen molar-refractivity contribution < 1.29 is 17.3 Å². The third-order valence-corrected chi connectivity index (χ3v) is 1.92. The van der Waals surface area contributed by atoms with Crippen LogP contribution >= 0.6 is 0 Å². The van der Waals surface area contributed by atoms with Crippen molar-refractivity contribution in [1.29, 1.82) is 0 Å². The van der Waals surface area contributed by atoms with Crippen molar-refractivity contribution in [2.24, 2.45) is 0 Å². The predicted molar refractivity (Wildman–Crippen MR) is 57.4 cm³/mol. The molecule has 0 saturated carbocycles. The van der Waals surface area contributed by atoms with E-state index in [4.69, 9.17) is 4.74 Å². The van der Waals surface area contributed by atoms with Crippen LogP contribution in [0.4, 0.5) is 0 Å². The van der Waals surface area contributed by atoms with Gasteiger partial charge < -0.3 is 4.74 Å². The lowest BCUT2D eigenvalue weighted by atomic mass is 10.1. The quantitative estimate of drug-likeness (QED) is 0.520. The first-order valence-electron chi connectivity index (χ1n) is 4.16. The number of rotatable bonds is 3. The highest BCUT2D eigenvalue weighted by molar-refractivity contribution is 7.85. The Kier molecular flexibility index (Phi) is 5.38. The summed E-state index contributed by atoms with van der Waals surface area (Å²) in [5, 5.41) is 0. The highest BCUT2D eigenvalue weighted by Crippen LogP contribution is 2.03. The molecule has 15 heavy (non-hydrogen) atoms. The van der Waals surface area contributed by atoms with Crippen molar-refractivity contribution in [2.75, 3.05) is 20.0 Å². The highest BCUT2D eigenvalue weighted by Gasteiger charge is 2.10. The first-order valence-corrected chi connectivity index (χ1v) is 5.98. The Bertz CT molecular complexity index is 412. The van der Waals surface area contributed by atoms with Crippen LogP contribution in [0.15, 0.2) is 0 Å². The van der Waals surface area contributed by atoms with Gasteiger partial charge >= 0.3 is 0 Å². The summed E-state index contributed by atoms with van der Waals surface area (Å²) < 4.78 is 30.5. The SMILES string of the molecule is COC(C)(C)C#CC#CCOS(C)(=O)=O. The van der Waals surface area contributed by atoms with Crippen molar-refractivity contribution in [3.8, 4) is 23.7 Å². The third kappa shape index (κ3) is 9.30. The molecule has 84 valence electrons. The van der Waals surface area contributed by atoms with Crippen molar-refractivity contribution in [1.82, 2.24) is 0 Å². The number of hydrogen-bond acceptors (Lipinski definition) is 4. The van der Waals surface area contributed by atoms with Gasteiger partial charge in [0.2, 0.25) is 0 Å². The molecule has 0 aromatic rings. The second-order valence-corrected chi connectivity index (χ2v) is 4.88. The van der Waals surface area contributed by atoms with E-state index in [0.29, 0.717) is 0 Å². The molecule has 0 unspecified atom stereocenters. The average Bonchev–Trinajstić information content (AvgIpc) is 2.09. The Hall–Kier alpha value is -1.01. The van der Waals surface area contributed by atoms with E-state index < -0.39 is 15.7 Å². The minimum atomic E-state index is -3.42. The van der Waals surface area contributed by atoms with Crippen LogP contribution in [0.5, 0.6) is 0 Å². The molecule has 0 aliphatic rings. The average molecular weight is 230 g/mol. The molecule has 0 saturated heterocycles. The van der Waals surface area contributed by atoms with Gasteiger partial charge in [-0.3, -0.25) is 4.18 Å². The molecule has 0 radical (unpaired) electrons. The zero-order chi connectivity index (χ0) is 11.9. The predicted octanol–water partition coefficient (Wildman–Crippen LogP) is 0.394. The largest absolute Gasteiger partial charge is 0.366 e. The van der Waals surface area contributed by atoms with Gasteiger partial charge in [0, 0.05) is 7.11 Å². The molecular weight excluding hydrogens is 216 g/mol. The van der Waals surface area contributed by atoms with Crippen molar-refractivity contribution in [3.63, 3.8) is 0 Å². The molecule has 0 aliphatic heterocycles. The maximum absolute atomic E-state index is 10.5. The molecular formula is C10H14O4S. The van der Waals surface area contributed by atoms with Gasteiger partial charge in [-0.25, -0.2) is 0 Å². The maximum Gasteiger partial charge on any atom is 0.265 e. The Labute approximate surface area is 91.1 Å². The lowest BCUT2D eigenvalue weighted by Gasteiger charge is -2.13. The van der Waals surface area contributed by atoms with Gasteiger partial charge in [0.25, 0.3) is 10.1 Å². The first-order chi connectivity index (χ1) is 6.77. The fraction of sp³-hybridized carbons (Fsp3) is 0.600. The van der Waals surface area contributed by atoms with Crippen LogP contribution in [0.25, 0.3) is 0 Å². The smallest absolute Gasteiger partial charge is 0.265 e. The maximum atomic E-state index is 10.5. The third-order valence-electron chi connectivity index (χ3n) is 1.37. The zero-order valence-corrected chi connectivity index (χ0v) is 10.1. The van der Waals surface area contributed by atoms with Crippen LogP contribution < -0.4 is 0 Å². The van der Waals surface area contributed by atoms with Crippen LogP contribution in [-0.2, 0) is 19.0 Å². The van der Waals surface area contributed by atoms with Crippen molar-refractivity contribution in [3.05, 3.63) is 0 Å². The highest BCUT2D eigenvalue weighted by atomic mass is 32.2. The summed E-state index contributed by atoms with van der Waals surface area (Å²) in [4.78, 5) is 0. The van der Waals surface area contributed by atoms with Crippen LogP contribution in [0.3, 0.4) is 0 Å². The standard InChI is InChI=1S/C10H14O4S/c1-10(2,13-3)8-6-5-7-9-14-15(4,11)12/h9H2,1-4H3. The summed E-state index contributed by atoms with van der Waals surface area (Å²) in [7, 11) is -1.87. The Morgan fingerprint density at radius 3 is 2.33 bits per heavy atom. The van der Waals surface area contributed by atoms with Gasteiger partial charge in [0.05, 0.1) is 6.26 Å². The fourth-order valence-corrected chi connectivity index (χ4v) is 0.723. The summed E-state index contributed by atoms with van der Waals surface area (Å²) in [6.45, 7) is 3.42. The van der Waals surface area contributed by atoms with E-state index in [-0.39, 0.29) is 6.61 Å². The van der Waals surface area contributed by atoms with Crippen LogP contribution in [0.1, 0.15) is 13.8 Å². The molecule has 0 aromatic heterocycles. The zero-order valence-electron chi connectivity index (χ0n) is 9.25. The van der Waals surface area contributed by atoms with E-state index in [0.717, 1.165) is 6.26 Å². The molecule has 0 aromatic carbocycles. The van der Waals surface area contributed by atoms with Gasteiger partial charge in [0.15, 0.2) is 0 Å². The molecule has 0 bridgehead atoms. The van der Waals surface area contributed by atoms with Crippen molar-refractivity contribution >= 4 is 10.1 Å². The molecule has 0 aliphatic carbocycles. The first kappa shape index (κ1) is 14.0. The van der Waals surface area contributed by atoms with Crippen LogP contribution in [0.2, 0.25) is 0 Å². The molecule has 0 fully saturated rings. The summed E-state index contributed by atoms with van der Waals surface area (Å²) >= 11 is 0. The van der Waals surface area contributed by atoms with Gasteiger partial charge in [-0.15, -0.1) is 0 Å². The normalized spacial score (nSPS) is 10.9. The molecule has 0 rings (SSSR count). The van der Waals surface area contributed by atoms with E-state index in [1.165, 1.54) is 0 Å². The second-order valence-electron chi connectivity index (χ2n) is 3.23. The lowest BCUT2D eigenvalue weighted by molar-refractivity contribution is 0.0742. The van der Waals surface area contributed by atoms with E-state index in [1.807, 2.05) is 0 Å². The monoisotopic (exact) mass is 230 g/mol. The molecule has 5 heteroatoms. The minimum absolute atomic E-state index is 0.180. The van der Waals surface area contributed by atoms with E-state index in [2.05, 4.69) is 27.9 Å². The fourth-order valence-electron chi connectivity index (χ4n) is 0.450. The van der Waals surface area contributed by atoms with Crippen LogP contribution in [0, 0.1) is 23.7 Å². The molecule has 0 atom stereocenters. The summed E-state index contributed by atoms with van der Waals surface area (Å²) in [6.07, 6.45) is 0.967. The number of ether oxygens (including phenoxy) is 1. The van der Waals surface area contributed by atoms with Crippen LogP contribution in [-0.4, -0.2) is 34.0 Å². The number of hydrogen-bond donors (Lipinski definition) is 0. The second kappa shape index (κ2) is 5.77. The van der Waals surface area contributed by atoms with E-state index in [9.17, 15) is 8.42 Å². The van der Waals surface area contributed by atoms with Gasteiger partial charge in [-0.2, -0.15) is 8.42 Å².